The molecule has 4 nitrogen and oxygen atoms in total. The fraction of sp³-hybridized carbons (Fsp3) is 0.111. The van der Waals surface area contributed by atoms with Crippen molar-refractivity contribution in [2.75, 3.05) is 7.11 Å². The number of nitrogens with zero attached hydrogens (tertiary/aromatic N) is 2. The maximum atomic E-state index is 11.2. The molecule has 0 radical (unpaired) electrons. The van der Waals surface area contributed by atoms with Gasteiger partial charge in [0.05, 0.1) is 12.7 Å². The second-order valence-electron chi connectivity index (χ2n) is 2.74. The van der Waals surface area contributed by atoms with Gasteiger partial charge in [-0.25, -0.2) is 9.78 Å². The van der Waals surface area contributed by atoms with Crippen LogP contribution >= 0.6 is 11.6 Å². The van der Waals surface area contributed by atoms with Crippen molar-refractivity contribution in [1.29, 1.82) is 0 Å². The lowest BCUT2D eigenvalue weighted by molar-refractivity contribution is 0.0601. The SMILES string of the molecule is COC(=O)c1cc2nc(Cl)ccn2c1. The van der Waals surface area contributed by atoms with Gasteiger partial charge in [0.1, 0.15) is 10.8 Å². The van der Waals surface area contributed by atoms with E-state index in [1.807, 2.05) is 0 Å². The van der Waals surface area contributed by atoms with E-state index >= 15 is 0 Å². The van der Waals surface area contributed by atoms with Crippen molar-refractivity contribution < 1.29 is 9.53 Å². The maximum absolute atomic E-state index is 11.2. The van der Waals surface area contributed by atoms with Gasteiger partial charge in [0, 0.05) is 12.4 Å². The summed E-state index contributed by atoms with van der Waals surface area (Å²) in [6, 6.07) is 3.27. The van der Waals surface area contributed by atoms with Gasteiger partial charge in [0.25, 0.3) is 0 Å². The molecule has 0 fully saturated rings. The van der Waals surface area contributed by atoms with E-state index in [1.54, 1.807) is 28.9 Å². The van der Waals surface area contributed by atoms with E-state index in [-0.39, 0.29) is 5.97 Å². The van der Waals surface area contributed by atoms with Crippen LogP contribution in [0, 0.1) is 0 Å². The smallest absolute Gasteiger partial charge is 0.339 e. The number of halogens is 1. The average molecular weight is 211 g/mol. The Kier molecular flexibility index (Phi) is 2.13. The van der Waals surface area contributed by atoms with Gasteiger partial charge in [-0.05, 0) is 12.1 Å². The third kappa shape index (κ3) is 1.44. The van der Waals surface area contributed by atoms with Crippen molar-refractivity contribution in [2.24, 2.45) is 0 Å². The second-order valence-corrected chi connectivity index (χ2v) is 3.12. The number of aromatic nitrogens is 2. The number of hydrogen-bond donors (Lipinski definition) is 0. The number of ether oxygens (including phenoxy) is 1. The summed E-state index contributed by atoms with van der Waals surface area (Å²) in [6.07, 6.45) is 3.38. The van der Waals surface area contributed by atoms with Crippen LogP contribution in [-0.4, -0.2) is 22.5 Å². The molecule has 0 saturated heterocycles. The summed E-state index contributed by atoms with van der Waals surface area (Å²) >= 11 is 5.70. The molecule has 0 N–H and O–H groups in total. The van der Waals surface area contributed by atoms with Crippen molar-refractivity contribution >= 4 is 23.2 Å². The van der Waals surface area contributed by atoms with E-state index in [1.165, 1.54) is 7.11 Å². The van der Waals surface area contributed by atoms with Crippen LogP contribution in [0.1, 0.15) is 10.4 Å². The van der Waals surface area contributed by atoms with Gasteiger partial charge in [0.2, 0.25) is 0 Å². The third-order valence-corrected chi connectivity index (χ3v) is 2.05. The zero-order chi connectivity index (χ0) is 10.1. The van der Waals surface area contributed by atoms with Crippen LogP contribution in [0.5, 0.6) is 0 Å². The van der Waals surface area contributed by atoms with Crippen LogP contribution in [0.2, 0.25) is 5.15 Å². The van der Waals surface area contributed by atoms with E-state index in [9.17, 15) is 4.79 Å². The molecule has 2 rings (SSSR count). The topological polar surface area (TPSA) is 43.6 Å². The highest BCUT2D eigenvalue weighted by Gasteiger charge is 2.08. The molecule has 2 aromatic heterocycles. The lowest BCUT2D eigenvalue weighted by Gasteiger charge is -1.92. The van der Waals surface area contributed by atoms with Crippen LogP contribution < -0.4 is 0 Å². The number of carbonyl (C=O) groups is 1. The Morgan fingerprint density at radius 2 is 2.43 bits per heavy atom. The summed E-state index contributed by atoms with van der Waals surface area (Å²) in [4.78, 5) is 15.2. The molecule has 5 heteroatoms. The first kappa shape index (κ1) is 9.02. The van der Waals surface area contributed by atoms with Crippen LogP contribution in [0.25, 0.3) is 5.65 Å². The third-order valence-electron chi connectivity index (χ3n) is 1.84. The van der Waals surface area contributed by atoms with E-state index in [0.29, 0.717) is 16.4 Å². The summed E-state index contributed by atoms with van der Waals surface area (Å²) in [7, 11) is 1.34. The molecular formula is C9H7ClN2O2. The molecule has 0 aliphatic heterocycles. The lowest BCUT2D eigenvalue weighted by Crippen LogP contribution is -1.98. The molecule has 14 heavy (non-hydrogen) atoms. The summed E-state index contributed by atoms with van der Waals surface area (Å²) < 4.78 is 6.29. The monoisotopic (exact) mass is 210 g/mol. The van der Waals surface area contributed by atoms with E-state index < -0.39 is 0 Å². The number of esters is 1. The molecule has 0 aliphatic carbocycles. The van der Waals surface area contributed by atoms with Crippen molar-refractivity contribution in [2.45, 2.75) is 0 Å². The molecule has 0 saturated carbocycles. The van der Waals surface area contributed by atoms with Crippen molar-refractivity contribution in [1.82, 2.24) is 9.38 Å². The predicted octanol–water partition coefficient (Wildman–Crippen LogP) is 1.77. The number of rotatable bonds is 1. The molecular weight excluding hydrogens is 204 g/mol. The standard InChI is InChI=1S/C9H7ClN2O2/c1-14-9(13)6-4-8-11-7(10)2-3-12(8)5-6/h2-5H,1H3. The zero-order valence-corrected chi connectivity index (χ0v) is 8.15. The van der Waals surface area contributed by atoms with Crippen molar-refractivity contribution in [3.05, 3.63) is 35.2 Å². The number of methoxy groups -OCH3 is 1. The van der Waals surface area contributed by atoms with Gasteiger partial charge < -0.3 is 9.14 Å². The van der Waals surface area contributed by atoms with Gasteiger partial charge in [-0.2, -0.15) is 0 Å². The van der Waals surface area contributed by atoms with Crippen LogP contribution in [0.3, 0.4) is 0 Å². The van der Waals surface area contributed by atoms with Gasteiger partial charge in [-0.15, -0.1) is 0 Å². The quantitative estimate of drug-likeness (QED) is 0.532. The summed E-state index contributed by atoms with van der Waals surface area (Å²) in [6.45, 7) is 0. The fourth-order valence-corrected chi connectivity index (χ4v) is 1.34. The molecule has 0 amide bonds. The molecule has 0 atom stereocenters. The Labute approximate surface area is 85.1 Å². The van der Waals surface area contributed by atoms with Gasteiger partial charge >= 0.3 is 5.97 Å². The predicted molar refractivity (Wildman–Crippen MR) is 51.5 cm³/mol. The van der Waals surface area contributed by atoms with Crippen molar-refractivity contribution in [3.63, 3.8) is 0 Å². The van der Waals surface area contributed by atoms with Crippen LogP contribution in [-0.2, 0) is 4.74 Å². The first-order valence-corrected chi connectivity index (χ1v) is 4.31. The normalized spacial score (nSPS) is 10.4. The second kappa shape index (κ2) is 3.31. The molecule has 72 valence electrons. The zero-order valence-electron chi connectivity index (χ0n) is 7.40. The molecule has 0 spiro atoms. The number of carbonyl (C=O) groups excluding carboxylic acids is 1. The van der Waals surface area contributed by atoms with Crippen LogP contribution in [0.15, 0.2) is 24.5 Å². The Bertz CT molecular complexity index is 493. The first-order valence-electron chi connectivity index (χ1n) is 3.93. The molecule has 2 heterocycles. The largest absolute Gasteiger partial charge is 0.465 e. The minimum atomic E-state index is -0.383. The molecule has 2 aromatic rings. The Balaban J connectivity index is 2.56. The molecule has 0 bridgehead atoms. The molecule has 0 aliphatic rings. The van der Waals surface area contributed by atoms with E-state index in [0.717, 1.165) is 0 Å². The van der Waals surface area contributed by atoms with Crippen molar-refractivity contribution in [3.8, 4) is 0 Å². The maximum Gasteiger partial charge on any atom is 0.339 e. The molecule has 0 aromatic carbocycles. The fourth-order valence-electron chi connectivity index (χ4n) is 1.19. The van der Waals surface area contributed by atoms with Gasteiger partial charge in [-0.3, -0.25) is 0 Å². The lowest BCUT2D eigenvalue weighted by atomic mass is 10.3. The Hall–Kier alpha value is -1.55. The minimum Gasteiger partial charge on any atom is -0.465 e. The highest BCUT2D eigenvalue weighted by molar-refractivity contribution is 6.29. The van der Waals surface area contributed by atoms with E-state index in [2.05, 4.69) is 9.72 Å². The van der Waals surface area contributed by atoms with Gasteiger partial charge in [0.15, 0.2) is 0 Å². The Morgan fingerprint density at radius 1 is 1.64 bits per heavy atom. The average Bonchev–Trinajstić information content (AvgIpc) is 2.59. The minimum absolute atomic E-state index is 0.383. The summed E-state index contributed by atoms with van der Waals surface area (Å²) in [5, 5.41) is 0.395. The van der Waals surface area contributed by atoms with E-state index in [4.69, 9.17) is 11.6 Å². The summed E-state index contributed by atoms with van der Waals surface area (Å²) in [5.41, 5.74) is 1.08. The Morgan fingerprint density at radius 3 is 3.14 bits per heavy atom. The number of fused-ring (bicyclic) bond motifs is 1. The summed E-state index contributed by atoms with van der Waals surface area (Å²) in [5.74, 6) is -0.383. The highest BCUT2D eigenvalue weighted by atomic mass is 35.5. The highest BCUT2D eigenvalue weighted by Crippen LogP contribution is 2.11. The first-order chi connectivity index (χ1) is 6.70. The molecule has 0 unspecified atom stereocenters. The number of hydrogen-bond acceptors (Lipinski definition) is 3. The van der Waals surface area contributed by atoms with Gasteiger partial charge in [-0.1, -0.05) is 11.6 Å². The van der Waals surface area contributed by atoms with Crippen LogP contribution in [0.4, 0.5) is 0 Å².